The van der Waals surface area contributed by atoms with Crippen LogP contribution in [-0.2, 0) is 4.79 Å². The highest BCUT2D eigenvalue weighted by atomic mass is 19.1. The molecular weight excluding hydrogens is 321 g/mol. The van der Waals surface area contributed by atoms with E-state index in [2.05, 4.69) is 16.0 Å². The van der Waals surface area contributed by atoms with Gasteiger partial charge in [0.2, 0.25) is 5.91 Å². The molecule has 0 saturated carbocycles. The number of hydrogen-bond acceptors (Lipinski definition) is 4. The molecule has 0 bridgehead atoms. The number of carbonyl (C=O) groups is 1. The summed E-state index contributed by atoms with van der Waals surface area (Å²) in [6, 6.07) is 8.36. The summed E-state index contributed by atoms with van der Waals surface area (Å²) >= 11 is 0. The second-order valence-electron chi connectivity index (χ2n) is 6.73. The number of carbonyl (C=O) groups excluding carboxylic acids is 1. The quantitative estimate of drug-likeness (QED) is 0.890. The van der Waals surface area contributed by atoms with Gasteiger partial charge in [0, 0.05) is 32.0 Å². The number of piperidine rings is 1. The molecule has 132 valence electrons. The predicted octanol–water partition coefficient (Wildman–Crippen LogP) is 1.65. The van der Waals surface area contributed by atoms with E-state index in [4.69, 9.17) is 0 Å². The number of halogens is 1. The Bertz CT molecular complexity index is 718. The number of likely N-dealkylation sites (tertiary alicyclic amines) is 1. The number of hydrazine groups is 1. The number of amides is 1. The fraction of sp³-hybridized carbons (Fsp3) is 0.444. The summed E-state index contributed by atoms with van der Waals surface area (Å²) in [5, 5.41) is 4.32. The topological polar surface area (TPSA) is 62.2 Å². The number of nitrogens with zero attached hydrogens (tertiary/aromatic N) is 3. The molecular formula is C18H22FN5O. The number of aromatic nitrogens is 2. The van der Waals surface area contributed by atoms with E-state index in [1.165, 1.54) is 12.1 Å². The van der Waals surface area contributed by atoms with E-state index in [9.17, 15) is 9.18 Å². The van der Waals surface area contributed by atoms with Gasteiger partial charge in [-0.25, -0.2) is 9.82 Å². The van der Waals surface area contributed by atoms with Gasteiger partial charge >= 0.3 is 0 Å². The molecule has 2 aromatic rings. The van der Waals surface area contributed by atoms with Crippen LogP contribution in [0.25, 0.3) is 0 Å². The molecule has 3 unspecified atom stereocenters. The molecule has 2 saturated heterocycles. The Hall–Kier alpha value is -2.25. The lowest BCUT2D eigenvalue weighted by atomic mass is 9.92. The van der Waals surface area contributed by atoms with Gasteiger partial charge < -0.3 is 4.90 Å². The Labute approximate surface area is 146 Å². The summed E-state index contributed by atoms with van der Waals surface area (Å²) in [7, 11) is 0. The van der Waals surface area contributed by atoms with Crippen molar-refractivity contribution in [2.24, 2.45) is 5.92 Å². The van der Waals surface area contributed by atoms with Crippen LogP contribution < -0.4 is 10.9 Å². The van der Waals surface area contributed by atoms with Crippen molar-refractivity contribution in [2.45, 2.75) is 24.9 Å². The smallest absolute Gasteiger partial charge is 0.229 e. The van der Waals surface area contributed by atoms with Crippen LogP contribution >= 0.6 is 0 Å². The molecule has 2 N–H and O–H groups in total. The molecule has 3 atom stereocenters. The van der Waals surface area contributed by atoms with Crippen molar-refractivity contribution in [3.8, 4) is 0 Å². The van der Waals surface area contributed by atoms with Crippen LogP contribution in [0.2, 0.25) is 0 Å². The summed E-state index contributed by atoms with van der Waals surface area (Å²) in [6.07, 6.45) is 5.74. The molecule has 2 aliphatic rings. The van der Waals surface area contributed by atoms with Gasteiger partial charge in [0.25, 0.3) is 0 Å². The standard InChI is InChI=1S/C18H22FN5O/c19-14-6-4-13(5-7-14)17-16(11-20-22-17)18(25)23-9-1-3-15(12-23)24-10-2-8-21-24/h2,4-8,10,15-17,20,22H,1,3,9,11-12H2. The first-order valence-corrected chi connectivity index (χ1v) is 8.74. The SMILES string of the molecule is O=C(C1CNNC1c1ccc(F)cc1)N1CCCC(n2cccn2)C1. The van der Waals surface area contributed by atoms with Gasteiger partial charge in [-0.2, -0.15) is 5.10 Å². The number of benzene rings is 1. The highest BCUT2D eigenvalue weighted by Gasteiger charge is 2.38. The van der Waals surface area contributed by atoms with Gasteiger partial charge in [-0.3, -0.25) is 14.9 Å². The molecule has 0 spiro atoms. The number of rotatable bonds is 3. The minimum atomic E-state index is -0.268. The summed E-state index contributed by atoms with van der Waals surface area (Å²) in [5.41, 5.74) is 7.17. The van der Waals surface area contributed by atoms with Gasteiger partial charge in [-0.05, 0) is 36.6 Å². The molecule has 2 aliphatic heterocycles. The number of nitrogens with one attached hydrogen (secondary N) is 2. The van der Waals surface area contributed by atoms with Crippen LogP contribution in [0.3, 0.4) is 0 Å². The molecule has 0 aliphatic carbocycles. The van der Waals surface area contributed by atoms with Crippen LogP contribution in [-0.4, -0.2) is 40.2 Å². The van der Waals surface area contributed by atoms with Crippen LogP contribution in [0, 0.1) is 11.7 Å². The van der Waals surface area contributed by atoms with E-state index in [0.717, 1.165) is 24.9 Å². The Morgan fingerprint density at radius 3 is 2.88 bits per heavy atom. The first kappa shape index (κ1) is 16.2. The lowest BCUT2D eigenvalue weighted by molar-refractivity contribution is -0.137. The zero-order valence-electron chi connectivity index (χ0n) is 13.9. The molecule has 3 heterocycles. The maximum Gasteiger partial charge on any atom is 0.229 e. The zero-order valence-corrected chi connectivity index (χ0v) is 13.9. The molecule has 0 radical (unpaired) electrons. The maximum absolute atomic E-state index is 13.2. The van der Waals surface area contributed by atoms with Crippen LogP contribution in [0.5, 0.6) is 0 Å². The number of hydrogen-bond donors (Lipinski definition) is 2. The average Bonchev–Trinajstić information content (AvgIpc) is 3.34. The summed E-state index contributed by atoms with van der Waals surface area (Å²) < 4.78 is 15.1. The van der Waals surface area contributed by atoms with Gasteiger partial charge in [-0.15, -0.1) is 0 Å². The van der Waals surface area contributed by atoms with Gasteiger partial charge in [0.05, 0.1) is 18.0 Å². The summed E-state index contributed by atoms with van der Waals surface area (Å²) in [5.74, 6) is -0.318. The molecule has 25 heavy (non-hydrogen) atoms. The summed E-state index contributed by atoms with van der Waals surface area (Å²) in [6.45, 7) is 2.04. The normalized spacial score (nSPS) is 26.8. The van der Waals surface area contributed by atoms with Gasteiger partial charge in [0.1, 0.15) is 5.82 Å². The predicted molar refractivity (Wildman–Crippen MR) is 90.8 cm³/mol. The first-order valence-electron chi connectivity index (χ1n) is 8.74. The lowest BCUT2D eigenvalue weighted by Gasteiger charge is -2.35. The van der Waals surface area contributed by atoms with Crippen LogP contribution in [0.15, 0.2) is 42.7 Å². The third kappa shape index (κ3) is 3.29. The van der Waals surface area contributed by atoms with E-state index >= 15 is 0 Å². The Balaban J connectivity index is 1.48. The van der Waals surface area contributed by atoms with E-state index in [-0.39, 0.29) is 29.7 Å². The minimum absolute atomic E-state index is 0.141. The Kier molecular flexibility index (Phi) is 4.50. The largest absolute Gasteiger partial charge is 0.340 e. The highest BCUT2D eigenvalue weighted by molar-refractivity contribution is 5.80. The van der Waals surface area contributed by atoms with Gasteiger partial charge in [-0.1, -0.05) is 12.1 Å². The monoisotopic (exact) mass is 343 g/mol. The molecule has 4 rings (SSSR count). The molecule has 1 aromatic carbocycles. The molecule has 2 fully saturated rings. The van der Waals surface area contributed by atoms with Crippen molar-refractivity contribution in [1.29, 1.82) is 0 Å². The molecule has 1 aromatic heterocycles. The van der Waals surface area contributed by atoms with Crippen molar-refractivity contribution >= 4 is 5.91 Å². The van der Waals surface area contributed by atoms with E-state index in [1.54, 1.807) is 18.3 Å². The van der Waals surface area contributed by atoms with Crippen molar-refractivity contribution in [3.05, 3.63) is 54.1 Å². The lowest BCUT2D eigenvalue weighted by Crippen LogP contribution is -2.45. The third-order valence-corrected chi connectivity index (χ3v) is 5.14. The van der Waals surface area contributed by atoms with Crippen molar-refractivity contribution in [1.82, 2.24) is 25.5 Å². The van der Waals surface area contributed by atoms with E-state index in [0.29, 0.717) is 13.1 Å². The van der Waals surface area contributed by atoms with Crippen LogP contribution in [0.1, 0.15) is 30.5 Å². The molecule has 7 heteroatoms. The third-order valence-electron chi connectivity index (χ3n) is 5.14. The molecule has 6 nitrogen and oxygen atoms in total. The van der Waals surface area contributed by atoms with E-state index < -0.39 is 0 Å². The van der Waals surface area contributed by atoms with Gasteiger partial charge in [0.15, 0.2) is 0 Å². The van der Waals surface area contributed by atoms with Crippen molar-refractivity contribution in [3.63, 3.8) is 0 Å². The minimum Gasteiger partial charge on any atom is -0.340 e. The fourth-order valence-corrected chi connectivity index (χ4v) is 3.81. The fourth-order valence-electron chi connectivity index (χ4n) is 3.81. The van der Waals surface area contributed by atoms with Crippen LogP contribution in [0.4, 0.5) is 4.39 Å². The van der Waals surface area contributed by atoms with E-state index in [1.807, 2.05) is 21.8 Å². The zero-order chi connectivity index (χ0) is 17.2. The Morgan fingerprint density at radius 1 is 1.28 bits per heavy atom. The molecule has 1 amide bonds. The Morgan fingerprint density at radius 2 is 2.12 bits per heavy atom. The highest BCUT2D eigenvalue weighted by Crippen LogP contribution is 2.29. The first-order chi connectivity index (χ1) is 12.2. The van der Waals surface area contributed by atoms with Crippen molar-refractivity contribution in [2.75, 3.05) is 19.6 Å². The second-order valence-corrected chi connectivity index (χ2v) is 6.73. The summed E-state index contributed by atoms with van der Waals surface area (Å²) in [4.78, 5) is 15.1. The maximum atomic E-state index is 13.2. The average molecular weight is 343 g/mol. The van der Waals surface area contributed by atoms with Crippen molar-refractivity contribution < 1.29 is 9.18 Å². The second kappa shape index (κ2) is 6.93.